The fourth-order valence-electron chi connectivity index (χ4n) is 9.54. The molecule has 0 spiro atoms. The summed E-state index contributed by atoms with van der Waals surface area (Å²) in [6, 6.07) is 70.5. The lowest BCUT2D eigenvalue weighted by atomic mass is 9.92. The van der Waals surface area contributed by atoms with Gasteiger partial charge in [-0.15, -0.1) is 0 Å². The molecule has 3 nitrogen and oxygen atoms in total. The lowest BCUT2D eigenvalue weighted by Crippen LogP contribution is -2.12. The van der Waals surface area contributed by atoms with Gasteiger partial charge in [-0.25, -0.2) is 0 Å². The van der Waals surface area contributed by atoms with Crippen molar-refractivity contribution in [3.05, 3.63) is 241 Å². The van der Waals surface area contributed by atoms with Crippen molar-refractivity contribution < 1.29 is 0 Å². The Bertz CT molecular complexity index is 3290. The Labute approximate surface area is 370 Å². The maximum Gasteiger partial charge on any atom is 0.0591 e. The Kier molecular flexibility index (Phi) is 10.3. The monoisotopic (exact) mass is 811 g/mol. The van der Waals surface area contributed by atoms with E-state index >= 15 is 0 Å². The third-order valence-corrected chi connectivity index (χ3v) is 12.5. The smallest absolute Gasteiger partial charge is 0.0591 e. The van der Waals surface area contributed by atoms with Crippen LogP contribution >= 0.6 is 0 Å². The maximum absolute atomic E-state index is 3.93. The zero-order chi connectivity index (χ0) is 43.0. The summed E-state index contributed by atoms with van der Waals surface area (Å²) in [4.78, 5) is 2.41. The van der Waals surface area contributed by atoms with Gasteiger partial charge in [-0.1, -0.05) is 146 Å². The van der Waals surface area contributed by atoms with E-state index < -0.39 is 0 Å². The Morgan fingerprint density at radius 2 is 0.952 bits per heavy atom. The van der Waals surface area contributed by atoms with E-state index in [1.165, 1.54) is 72.1 Å². The van der Waals surface area contributed by atoms with Gasteiger partial charge in [0.1, 0.15) is 0 Å². The van der Waals surface area contributed by atoms with Crippen molar-refractivity contribution in [1.29, 1.82) is 0 Å². The van der Waals surface area contributed by atoms with Crippen molar-refractivity contribution in [2.45, 2.75) is 27.7 Å². The van der Waals surface area contributed by atoms with Crippen molar-refractivity contribution >= 4 is 44.9 Å². The number of rotatable bonds is 10. The second-order valence-electron chi connectivity index (χ2n) is 16.4. The lowest BCUT2D eigenvalue weighted by Gasteiger charge is -2.29. The van der Waals surface area contributed by atoms with E-state index in [9.17, 15) is 0 Å². The van der Waals surface area contributed by atoms with Crippen LogP contribution in [0.5, 0.6) is 0 Å². The van der Waals surface area contributed by atoms with E-state index in [0.29, 0.717) is 0 Å². The van der Waals surface area contributed by atoms with E-state index in [1.807, 2.05) is 12.2 Å². The molecule has 0 N–H and O–H groups in total. The average molecular weight is 812 g/mol. The minimum absolute atomic E-state index is 1.10. The van der Waals surface area contributed by atoms with Gasteiger partial charge in [-0.3, -0.25) is 0 Å². The van der Waals surface area contributed by atoms with Crippen LogP contribution < -0.4 is 4.90 Å². The molecule has 0 unspecified atom stereocenters. The molecule has 0 atom stereocenters. The number of anilines is 3. The second kappa shape index (κ2) is 16.5. The summed E-state index contributed by atoms with van der Waals surface area (Å²) in [5, 5.41) is 2.50. The van der Waals surface area contributed by atoms with Crippen LogP contribution in [0.25, 0.3) is 72.8 Å². The largest absolute Gasteiger partial charge is 0.310 e. The number of para-hydroxylation sites is 5. The van der Waals surface area contributed by atoms with Gasteiger partial charge in [-0.05, 0) is 145 Å². The highest BCUT2D eigenvalue weighted by Crippen LogP contribution is 2.46. The summed E-state index contributed by atoms with van der Waals surface area (Å²) >= 11 is 0. The Morgan fingerprint density at radius 1 is 0.444 bits per heavy atom. The van der Waals surface area contributed by atoms with Gasteiger partial charge >= 0.3 is 0 Å². The highest BCUT2D eigenvalue weighted by atomic mass is 15.1. The molecule has 8 aromatic carbocycles. The third kappa shape index (κ3) is 6.98. The normalized spacial score (nSPS) is 11.5. The first-order chi connectivity index (χ1) is 30.9. The number of aryl methyl sites for hydroxylation is 4. The number of allylic oxidation sites excluding steroid dienone is 2. The van der Waals surface area contributed by atoms with Gasteiger partial charge in [0.2, 0.25) is 0 Å². The van der Waals surface area contributed by atoms with Crippen molar-refractivity contribution in [1.82, 2.24) is 9.13 Å². The molecule has 0 aliphatic rings. The number of nitrogens with zero attached hydrogens (tertiary/aromatic N) is 3. The Morgan fingerprint density at radius 3 is 1.56 bits per heavy atom. The van der Waals surface area contributed by atoms with Crippen LogP contribution in [0.3, 0.4) is 0 Å². The van der Waals surface area contributed by atoms with E-state index in [4.69, 9.17) is 0 Å². The fraction of sp³-hybridized carbons (Fsp3) is 0.0667. The van der Waals surface area contributed by atoms with Crippen LogP contribution in [0.15, 0.2) is 213 Å². The van der Waals surface area contributed by atoms with Crippen LogP contribution in [-0.4, -0.2) is 9.13 Å². The minimum Gasteiger partial charge on any atom is -0.310 e. The van der Waals surface area contributed by atoms with Crippen LogP contribution in [0.2, 0.25) is 0 Å². The second-order valence-corrected chi connectivity index (χ2v) is 16.4. The number of aromatic nitrogens is 2. The van der Waals surface area contributed by atoms with Crippen molar-refractivity contribution in [2.75, 3.05) is 4.90 Å². The van der Waals surface area contributed by atoms with Crippen molar-refractivity contribution in [3.8, 4) is 44.9 Å². The van der Waals surface area contributed by atoms with Crippen molar-refractivity contribution in [3.63, 3.8) is 0 Å². The van der Waals surface area contributed by atoms with Gasteiger partial charge < -0.3 is 14.0 Å². The molecule has 3 heteroatoms. The maximum atomic E-state index is 3.93. The van der Waals surface area contributed by atoms with E-state index in [2.05, 4.69) is 249 Å². The first-order valence-electron chi connectivity index (χ1n) is 21.7. The van der Waals surface area contributed by atoms with E-state index in [0.717, 1.165) is 39.6 Å². The van der Waals surface area contributed by atoms with E-state index in [-0.39, 0.29) is 0 Å². The molecule has 0 aliphatic heterocycles. The Hall–Kier alpha value is -7.88. The lowest BCUT2D eigenvalue weighted by molar-refractivity contribution is 1.09. The van der Waals surface area contributed by atoms with Gasteiger partial charge in [0.05, 0.1) is 22.4 Å². The average Bonchev–Trinajstić information content (AvgIpc) is 3.78. The molecule has 0 radical (unpaired) electrons. The molecular formula is C60H49N3. The first kappa shape index (κ1) is 39.3. The topological polar surface area (TPSA) is 13.1 Å². The zero-order valence-corrected chi connectivity index (χ0v) is 36.3. The predicted molar refractivity (Wildman–Crippen MR) is 269 cm³/mol. The summed E-state index contributed by atoms with van der Waals surface area (Å²) in [6.07, 6.45) is 6.02. The molecule has 10 aromatic rings. The molecule has 304 valence electrons. The standard InChI is InChI=1S/C60H49N3/c1-6-7-29-56-43(4)53-27-17-19-30-57(53)62(56)50-34-37-52(42(3)39-50)51-35-32-45(38-41(51)2)46-33-36-55(59(40-46)61(47-21-11-8-12-22-47)48-23-13-9-14-24-48)60-44(5)54-28-18-20-31-58(54)63(60)49-25-15-10-16-26-49/h6-40H,1H2,2-5H3/b29-7-. The third-order valence-electron chi connectivity index (χ3n) is 12.5. The summed E-state index contributed by atoms with van der Waals surface area (Å²) in [6.45, 7) is 12.9. The summed E-state index contributed by atoms with van der Waals surface area (Å²) in [5.41, 5.74) is 21.2. The molecule has 0 aliphatic carbocycles. The van der Waals surface area contributed by atoms with Gasteiger partial charge in [0, 0.05) is 44.8 Å². The molecular weight excluding hydrogens is 763 g/mol. The predicted octanol–water partition coefficient (Wildman–Crippen LogP) is 16.5. The summed E-state index contributed by atoms with van der Waals surface area (Å²) < 4.78 is 4.80. The SMILES string of the molecule is C=C/C=C\c1c(C)c2ccccc2n1-c1ccc(-c2ccc(-c3ccc(-c4c(C)c5ccccc5n4-c4ccccc4)c(N(c4ccccc4)c4ccccc4)c3)cc2C)c(C)c1. The van der Waals surface area contributed by atoms with Gasteiger partial charge in [-0.2, -0.15) is 0 Å². The van der Waals surface area contributed by atoms with Gasteiger partial charge in [0.15, 0.2) is 0 Å². The van der Waals surface area contributed by atoms with Crippen LogP contribution in [0.4, 0.5) is 17.1 Å². The number of fused-ring (bicyclic) bond motifs is 2. The summed E-state index contributed by atoms with van der Waals surface area (Å²) in [5.74, 6) is 0. The molecule has 2 heterocycles. The van der Waals surface area contributed by atoms with E-state index in [1.54, 1.807) is 0 Å². The van der Waals surface area contributed by atoms with Crippen LogP contribution in [-0.2, 0) is 0 Å². The van der Waals surface area contributed by atoms with Crippen LogP contribution in [0.1, 0.15) is 27.9 Å². The molecule has 63 heavy (non-hydrogen) atoms. The molecule has 0 amide bonds. The van der Waals surface area contributed by atoms with Gasteiger partial charge in [0.25, 0.3) is 0 Å². The molecule has 10 rings (SSSR count). The molecule has 0 saturated carbocycles. The number of hydrogen-bond donors (Lipinski definition) is 0. The molecule has 0 saturated heterocycles. The van der Waals surface area contributed by atoms with Crippen LogP contribution in [0, 0.1) is 27.7 Å². The summed E-state index contributed by atoms with van der Waals surface area (Å²) in [7, 11) is 0. The minimum atomic E-state index is 1.10. The van der Waals surface area contributed by atoms with Crippen molar-refractivity contribution in [2.24, 2.45) is 0 Å². The zero-order valence-electron chi connectivity index (χ0n) is 36.3. The molecule has 0 fully saturated rings. The molecule has 0 bridgehead atoms. The number of hydrogen-bond acceptors (Lipinski definition) is 1. The highest BCUT2D eigenvalue weighted by molar-refractivity contribution is 5.99. The Balaban J connectivity index is 1.12. The number of benzene rings is 8. The molecule has 2 aromatic heterocycles. The highest BCUT2D eigenvalue weighted by Gasteiger charge is 2.24. The quantitative estimate of drug-likeness (QED) is 0.125. The first-order valence-corrected chi connectivity index (χ1v) is 21.7. The fourth-order valence-corrected chi connectivity index (χ4v) is 9.54.